The molecule has 3 aromatic carbocycles. The molecule has 0 unspecified atom stereocenters. The largest absolute Gasteiger partial charge is 0.497 e. The molecule has 1 amide bonds. The number of imidazole rings is 1. The molecule has 0 fully saturated rings. The van der Waals surface area contributed by atoms with Gasteiger partial charge in [0.05, 0.1) is 18.4 Å². The summed E-state index contributed by atoms with van der Waals surface area (Å²) in [5.74, 6) is 0.147. The highest BCUT2D eigenvalue weighted by molar-refractivity contribution is 6.03. The quantitative estimate of drug-likeness (QED) is 0.381. The molecule has 33 heavy (non-hydrogen) atoms. The molecule has 1 aromatic heterocycles. The number of aromatic amines is 1. The predicted octanol–water partition coefficient (Wildman–Crippen LogP) is 5.95. The normalized spacial score (nSPS) is 11.3. The van der Waals surface area contributed by atoms with Crippen LogP contribution in [-0.4, -0.2) is 23.0 Å². The summed E-state index contributed by atoms with van der Waals surface area (Å²) in [5.41, 5.74) is 2.21. The van der Waals surface area contributed by atoms with Gasteiger partial charge in [0.25, 0.3) is 5.91 Å². The van der Waals surface area contributed by atoms with Crippen molar-refractivity contribution in [1.29, 1.82) is 0 Å². The van der Waals surface area contributed by atoms with Crippen molar-refractivity contribution >= 4 is 11.9 Å². The first kappa shape index (κ1) is 22.1. The Morgan fingerprint density at radius 3 is 2.39 bits per heavy atom. The minimum Gasteiger partial charge on any atom is -0.497 e. The summed E-state index contributed by atoms with van der Waals surface area (Å²) in [6.07, 6.45) is -4.01. The molecule has 8 heteroatoms. The van der Waals surface area contributed by atoms with Crippen molar-refractivity contribution < 1.29 is 22.7 Å². The van der Waals surface area contributed by atoms with E-state index in [-0.39, 0.29) is 11.5 Å². The Morgan fingerprint density at radius 1 is 1.00 bits per heavy atom. The van der Waals surface area contributed by atoms with Crippen LogP contribution in [0.3, 0.4) is 0 Å². The van der Waals surface area contributed by atoms with Gasteiger partial charge in [0, 0.05) is 23.2 Å². The Hall–Kier alpha value is -4.07. The van der Waals surface area contributed by atoms with Gasteiger partial charge in [-0.25, -0.2) is 4.98 Å². The molecule has 1 heterocycles. The number of hydrogen-bond donors (Lipinski definition) is 2. The first-order valence-electron chi connectivity index (χ1n) is 10.1. The zero-order valence-corrected chi connectivity index (χ0v) is 17.6. The summed E-state index contributed by atoms with van der Waals surface area (Å²) in [7, 11) is 1.58. The highest BCUT2D eigenvalue weighted by Gasteiger charge is 2.31. The van der Waals surface area contributed by atoms with Crippen LogP contribution >= 0.6 is 0 Å². The number of amides is 1. The smallest absolute Gasteiger partial charge is 0.416 e. The van der Waals surface area contributed by atoms with Gasteiger partial charge in [-0.3, -0.25) is 10.1 Å². The van der Waals surface area contributed by atoms with Crippen LogP contribution in [0.1, 0.15) is 27.2 Å². The third-order valence-corrected chi connectivity index (χ3v) is 5.05. The van der Waals surface area contributed by atoms with Crippen molar-refractivity contribution in [2.45, 2.75) is 12.6 Å². The first-order valence-corrected chi connectivity index (χ1v) is 10.1. The molecule has 0 saturated carbocycles. The minimum atomic E-state index is -4.54. The van der Waals surface area contributed by atoms with E-state index in [1.807, 2.05) is 42.5 Å². The van der Waals surface area contributed by atoms with E-state index in [9.17, 15) is 18.0 Å². The van der Waals surface area contributed by atoms with Gasteiger partial charge in [0.1, 0.15) is 5.75 Å². The molecular formula is C25H20F3N3O2. The molecule has 0 aliphatic heterocycles. The molecule has 0 atom stereocenters. The van der Waals surface area contributed by atoms with Gasteiger partial charge in [0.15, 0.2) is 0 Å². The van der Waals surface area contributed by atoms with E-state index in [0.717, 1.165) is 29.0 Å². The molecular weight excluding hydrogens is 431 g/mol. The molecule has 2 N–H and O–H groups in total. The van der Waals surface area contributed by atoms with E-state index in [0.29, 0.717) is 17.9 Å². The van der Waals surface area contributed by atoms with Crippen molar-refractivity contribution in [3.63, 3.8) is 0 Å². The van der Waals surface area contributed by atoms with Gasteiger partial charge in [-0.2, -0.15) is 13.2 Å². The van der Waals surface area contributed by atoms with E-state index in [2.05, 4.69) is 15.3 Å². The van der Waals surface area contributed by atoms with E-state index < -0.39 is 17.6 Å². The molecule has 5 nitrogen and oxygen atoms in total. The fourth-order valence-electron chi connectivity index (χ4n) is 3.40. The number of nitrogens with one attached hydrogen (secondary N) is 2. The molecule has 0 aliphatic rings. The van der Waals surface area contributed by atoms with Crippen molar-refractivity contribution in [3.8, 4) is 17.0 Å². The molecule has 0 spiro atoms. The molecule has 168 valence electrons. The van der Waals surface area contributed by atoms with E-state index in [4.69, 9.17) is 4.74 Å². The van der Waals surface area contributed by atoms with E-state index >= 15 is 0 Å². The van der Waals surface area contributed by atoms with Gasteiger partial charge in [0.2, 0.25) is 5.95 Å². The van der Waals surface area contributed by atoms with Gasteiger partial charge in [-0.1, -0.05) is 36.4 Å². The summed E-state index contributed by atoms with van der Waals surface area (Å²) < 4.78 is 44.2. The molecule has 0 aliphatic carbocycles. The number of alkyl halides is 3. The number of benzene rings is 3. The Kier molecular flexibility index (Phi) is 6.17. The highest BCUT2D eigenvalue weighted by atomic mass is 19.4. The first-order chi connectivity index (χ1) is 15.8. The summed E-state index contributed by atoms with van der Waals surface area (Å²) in [4.78, 5) is 20.3. The highest BCUT2D eigenvalue weighted by Crippen LogP contribution is 2.30. The Bertz CT molecular complexity index is 1250. The average Bonchev–Trinajstić information content (AvgIpc) is 3.21. The Labute approximate surface area is 188 Å². The van der Waals surface area contributed by atoms with Crippen molar-refractivity contribution in [2.75, 3.05) is 12.4 Å². The predicted molar refractivity (Wildman–Crippen MR) is 119 cm³/mol. The van der Waals surface area contributed by atoms with Crippen LogP contribution in [0.2, 0.25) is 0 Å². The molecule has 4 rings (SSSR count). The third kappa shape index (κ3) is 5.23. The summed E-state index contributed by atoms with van der Waals surface area (Å²) in [6.45, 7) is 0. The number of aromatic nitrogens is 2. The van der Waals surface area contributed by atoms with Gasteiger partial charge < -0.3 is 9.72 Å². The lowest BCUT2D eigenvalue weighted by molar-refractivity contribution is -0.137. The zero-order valence-electron chi connectivity index (χ0n) is 17.6. The maximum Gasteiger partial charge on any atom is 0.416 e. The Balaban J connectivity index is 1.65. The standard InChI is InChI=1S/C25H20F3N3O2/c1-33-20-12-10-17(11-13-20)22-21(14-16-6-3-2-4-7-16)29-24(30-22)31-23(32)18-8-5-9-19(15-18)25(26,27)28/h2-13,15H,14H2,1H3,(H2,29,30,31,32). The van der Waals surface area contributed by atoms with Crippen molar-refractivity contribution in [3.05, 3.63) is 101 Å². The van der Waals surface area contributed by atoms with Crippen LogP contribution in [0.5, 0.6) is 5.75 Å². The van der Waals surface area contributed by atoms with E-state index in [1.165, 1.54) is 12.1 Å². The molecule has 0 saturated heterocycles. The molecule has 4 aromatic rings. The number of carbonyl (C=O) groups excluding carboxylic acids is 1. The number of rotatable bonds is 6. The van der Waals surface area contributed by atoms with Crippen molar-refractivity contribution in [2.24, 2.45) is 0 Å². The van der Waals surface area contributed by atoms with Gasteiger partial charge in [-0.15, -0.1) is 0 Å². The van der Waals surface area contributed by atoms with Crippen LogP contribution < -0.4 is 10.1 Å². The van der Waals surface area contributed by atoms with E-state index in [1.54, 1.807) is 19.2 Å². The topological polar surface area (TPSA) is 67.0 Å². The number of anilines is 1. The third-order valence-electron chi connectivity index (χ3n) is 5.05. The number of hydrogen-bond acceptors (Lipinski definition) is 3. The zero-order chi connectivity index (χ0) is 23.4. The lowest BCUT2D eigenvalue weighted by atomic mass is 10.0. The minimum absolute atomic E-state index is 0.114. The van der Waals surface area contributed by atoms with Crippen LogP contribution in [0.4, 0.5) is 19.1 Å². The SMILES string of the molecule is COc1ccc(-c2nc(NC(=O)c3cccc(C(F)(F)F)c3)[nH]c2Cc2ccccc2)cc1. The maximum absolute atomic E-state index is 13.0. The number of methoxy groups -OCH3 is 1. The second kappa shape index (κ2) is 9.20. The number of ether oxygens (including phenoxy) is 1. The summed E-state index contributed by atoms with van der Waals surface area (Å²) in [6, 6.07) is 21.3. The number of carbonyl (C=O) groups is 1. The molecule has 0 bridgehead atoms. The maximum atomic E-state index is 13.0. The fraction of sp³-hybridized carbons (Fsp3) is 0.120. The molecule has 0 radical (unpaired) electrons. The van der Waals surface area contributed by atoms with Crippen LogP contribution in [-0.2, 0) is 12.6 Å². The van der Waals surface area contributed by atoms with Gasteiger partial charge >= 0.3 is 6.18 Å². The van der Waals surface area contributed by atoms with Gasteiger partial charge in [-0.05, 0) is 48.0 Å². The lowest BCUT2D eigenvalue weighted by Gasteiger charge is -2.08. The number of halogens is 3. The van der Waals surface area contributed by atoms with Crippen LogP contribution in [0.25, 0.3) is 11.3 Å². The second-order valence-corrected chi connectivity index (χ2v) is 7.34. The summed E-state index contributed by atoms with van der Waals surface area (Å²) >= 11 is 0. The summed E-state index contributed by atoms with van der Waals surface area (Å²) in [5, 5.41) is 2.58. The number of H-pyrrole nitrogens is 1. The van der Waals surface area contributed by atoms with Crippen LogP contribution in [0.15, 0.2) is 78.9 Å². The van der Waals surface area contributed by atoms with Crippen molar-refractivity contribution in [1.82, 2.24) is 9.97 Å². The lowest BCUT2D eigenvalue weighted by Crippen LogP contribution is -2.14. The average molecular weight is 451 g/mol. The monoisotopic (exact) mass is 451 g/mol. The van der Waals surface area contributed by atoms with Crippen LogP contribution in [0, 0.1) is 0 Å². The Morgan fingerprint density at radius 2 is 1.73 bits per heavy atom. The number of nitrogens with zero attached hydrogens (tertiary/aromatic N) is 1. The fourth-order valence-corrected chi connectivity index (χ4v) is 3.40. The second-order valence-electron chi connectivity index (χ2n) is 7.34.